The fourth-order valence-electron chi connectivity index (χ4n) is 8.86. The first-order valence-corrected chi connectivity index (χ1v) is 21.1. The molecule has 1 saturated carbocycles. The first kappa shape index (κ1) is 41.2. The van der Waals surface area contributed by atoms with Crippen molar-refractivity contribution < 1.29 is 18.9 Å². The number of nitrogens with zero attached hydrogens (tertiary/aromatic N) is 2. The number of allylic oxidation sites excluding steroid dienone is 2. The quantitative estimate of drug-likeness (QED) is 0.160. The molecule has 2 atom stereocenters. The molecule has 3 aromatic rings. The van der Waals surface area contributed by atoms with E-state index in [0.29, 0.717) is 18.0 Å². The molecule has 2 aromatic carbocycles. The summed E-state index contributed by atoms with van der Waals surface area (Å²) in [6.45, 7) is 10.3. The van der Waals surface area contributed by atoms with Crippen LogP contribution in [0.1, 0.15) is 106 Å². The van der Waals surface area contributed by atoms with Gasteiger partial charge in [-0.05, 0) is 141 Å². The number of rotatable bonds is 15. The van der Waals surface area contributed by atoms with Crippen LogP contribution < -0.4 is 19.5 Å². The highest BCUT2D eigenvalue weighted by molar-refractivity contribution is 5.65. The van der Waals surface area contributed by atoms with Gasteiger partial charge in [-0.1, -0.05) is 51.8 Å². The number of hydrogen-bond donors (Lipinski definition) is 2. The van der Waals surface area contributed by atoms with Crippen LogP contribution in [0.15, 0.2) is 90.5 Å². The van der Waals surface area contributed by atoms with E-state index in [-0.39, 0.29) is 6.04 Å². The number of piperidine rings is 1. The second-order valence-electron chi connectivity index (χ2n) is 15.4. The number of aryl methyl sites for hydroxylation is 1. The number of benzene rings is 2. The Labute approximate surface area is 336 Å². The number of hydrogen-bond acceptors (Lipinski definition) is 7. The van der Waals surface area contributed by atoms with Gasteiger partial charge in [-0.3, -0.25) is 9.80 Å². The molecule has 56 heavy (non-hydrogen) atoms. The second kappa shape index (κ2) is 20.1. The number of aromatic nitrogens is 1. The van der Waals surface area contributed by atoms with Crippen molar-refractivity contribution in [1.29, 1.82) is 0 Å². The molecular weight excluding hydrogens is 697 g/mol. The number of methoxy groups -OCH3 is 4. The number of H-pyrrole nitrogens is 1. The van der Waals surface area contributed by atoms with Crippen LogP contribution in [0.2, 0.25) is 0 Å². The number of aromatic amines is 1. The first-order chi connectivity index (χ1) is 27.5. The fourth-order valence-corrected chi connectivity index (χ4v) is 8.86. The minimum absolute atomic E-state index is 0.149. The molecule has 2 unspecified atom stereocenters. The molecule has 1 aromatic heterocycles. The van der Waals surface area contributed by atoms with Crippen molar-refractivity contribution in [2.24, 2.45) is 0 Å². The molecule has 7 rings (SSSR count). The van der Waals surface area contributed by atoms with Crippen LogP contribution in [-0.2, 0) is 17.7 Å². The van der Waals surface area contributed by atoms with Gasteiger partial charge in [0.25, 0.3) is 0 Å². The van der Waals surface area contributed by atoms with Crippen LogP contribution in [0.3, 0.4) is 0 Å². The molecule has 3 heterocycles. The SMILES string of the molecule is CC.CCCc1cc(C2C=C(CN3CCC(N(Cc4c[nH]c(-c5ccc(OC)c(OC)c5)c4)C4C=CC(OC)=CCC4)CC3)C=CN2)cc(OC)c1C1CCC1. The Bertz CT molecular complexity index is 1840. The van der Waals surface area contributed by atoms with Crippen LogP contribution >= 0.6 is 0 Å². The summed E-state index contributed by atoms with van der Waals surface area (Å²) in [7, 11) is 6.96. The van der Waals surface area contributed by atoms with E-state index < -0.39 is 0 Å². The fraction of sp³-hybridized carbons (Fsp3) is 0.500. The molecule has 0 spiro atoms. The average Bonchev–Trinajstić information content (AvgIpc) is 3.57. The summed E-state index contributed by atoms with van der Waals surface area (Å²) < 4.78 is 22.7. The maximum atomic E-state index is 6.03. The Morgan fingerprint density at radius 1 is 0.839 bits per heavy atom. The van der Waals surface area contributed by atoms with Crippen molar-refractivity contribution >= 4 is 0 Å². The zero-order valence-corrected chi connectivity index (χ0v) is 35.0. The third-order valence-corrected chi connectivity index (χ3v) is 12.0. The highest BCUT2D eigenvalue weighted by Gasteiger charge is 2.31. The molecule has 4 aliphatic rings. The number of ether oxygens (including phenoxy) is 4. The predicted molar refractivity (Wildman–Crippen MR) is 230 cm³/mol. The maximum Gasteiger partial charge on any atom is 0.161 e. The van der Waals surface area contributed by atoms with Crippen LogP contribution in [0, 0.1) is 0 Å². The van der Waals surface area contributed by atoms with E-state index in [1.807, 2.05) is 33.1 Å². The van der Waals surface area contributed by atoms with Gasteiger partial charge in [-0.15, -0.1) is 0 Å². The van der Waals surface area contributed by atoms with Gasteiger partial charge in [0.15, 0.2) is 11.5 Å². The summed E-state index contributed by atoms with van der Waals surface area (Å²) in [5.74, 6) is 4.16. The number of likely N-dealkylation sites (tertiary alicyclic amines) is 1. The number of dihydropyridines is 1. The minimum Gasteiger partial charge on any atom is -0.497 e. The van der Waals surface area contributed by atoms with Crippen molar-refractivity contribution in [3.8, 4) is 28.5 Å². The molecule has 2 aliphatic carbocycles. The lowest BCUT2D eigenvalue weighted by atomic mass is 9.76. The lowest BCUT2D eigenvalue weighted by Crippen LogP contribution is -2.48. The zero-order chi connectivity index (χ0) is 39.4. The van der Waals surface area contributed by atoms with Gasteiger partial charge in [0, 0.05) is 48.2 Å². The van der Waals surface area contributed by atoms with Crippen LogP contribution in [0.4, 0.5) is 0 Å². The van der Waals surface area contributed by atoms with Gasteiger partial charge >= 0.3 is 0 Å². The topological polar surface area (TPSA) is 71.2 Å². The average molecular weight is 763 g/mol. The lowest BCUT2D eigenvalue weighted by molar-refractivity contribution is 0.0827. The van der Waals surface area contributed by atoms with Gasteiger partial charge in [0.2, 0.25) is 0 Å². The van der Waals surface area contributed by atoms with Gasteiger partial charge in [-0.25, -0.2) is 0 Å². The molecule has 1 saturated heterocycles. The molecule has 302 valence electrons. The van der Waals surface area contributed by atoms with Crippen molar-refractivity contribution in [3.63, 3.8) is 0 Å². The molecular formula is C48H66N4O4. The predicted octanol–water partition coefficient (Wildman–Crippen LogP) is 10.3. The Morgan fingerprint density at radius 3 is 2.32 bits per heavy atom. The molecule has 2 fully saturated rings. The van der Waals surface area contributed by atoms with Gasteiger partial charge in [0.1, 0.15) is 11.5 Å². The maximum absolute atomic E-state index is 6.03. The summed E-state index contributed by atoms with van der Waals surface area (Å²) in [5, 5.41) is 3.64. The molecule has 0 radical (unpaired) electrons. The van der Waals surface area contributed by atoms with E-state index in [1.54, 1.807) is 21.3 Å². The van der Waals surface area contributed by atoms with E-state index >= 15 is 0 Å². The minimum atomic E-state index is 0.149. The Balaban J connectivity index is 0.00000262. The highest BCUT2D eigenvalue weighted by Crippen LogP contribution is 2.44. The third kappa shape index (κ3) is 9.75. The summed E-state index contributed by atoms with van der Waals surface area (Å²) in [5.41, 5.74) is 9.07. The van der Waals surface area contributed by atoms with Crippen LogP contribution in [0.25, 0.3) is 11.3 Å². The standard InChI is InChI=1S/C46H60N4O4.C2H6/c1-6-9-36-26-37(28-45(54-5)46(36)34-10-7-11-34)42-24-32(18-21-47-42)30-49-22-19-39(20-23-49)50(38-12-8-13-40(51-2)16-15-38)31-33-25-41(48-29-33)35-14-17-43(52-3)44(27-35)53-4;1-2/h13-18,21,24-29,34,38-39,42,47-48H,6-12,19-20,22-23,30-31H2,1-5H3;1-2H3. The molecule has 8 nitrogen and oxygen atoms in total. The smallest absolute Gasteiger partial charge is 0.161 e. The Morgan fingerprint density at radius 2 is 1.62 bits per heavy atom. The molecule has 0 amide bonds. The van der Waals surface area contributed by atoms with E-state index in [1.165, 1.54) is 47.1 Å². The Hall–Kier alpha value is -4.40. The van der Waals surface area contributed by atoms with Gasteiger partial charge < -0.3 is 29.2 Å². The molecule has 2 aliphatic heterocycles. The number of nitrogens with one attached hydrogen (secondary N) is 2. The highest BCUT2D eigenvalue weighted by atomic mass is 16.5. The first-order valence-electron chi connectivity index (χ1n) is 21.1. The van der Waals surface area contributed by atoms with Gasteiger partial charge in [0.05, 0.1) is 34.5 Å². The molecule has 0 bridgehead atoms. The van der Waals surface area contributed by atoms with E-state index in [2.05, 4.69) is 94.1 Å². The second-order valence-corrected chi connectivity index (χ2v) is 15.4. The third-order valence-electron chi connectivity index (χ3n) is 12.0. The summed E-state index contributed by atoms with van der Waals surface area (Å²) in [6, 6.07) is 14.1. The normalized spacial score (nSPS) is 20.2. The lowest BCUT2D eigenvalue weighted by Gasteiger charge is -2.42. The van der Waals surface area contributed by atoms with Crippen LogP contribution in [-0.4, -0.2) is 74.9 Å². The molecule has 8 heteroatoms. The van der Waals surface area contributed by atoms with Crippen LogP contribution in [0.5, 0.6) is 17.2 Å². The van der Waals surface area contributed by atoms with Crippen molar-refractivity contribution in [2.45, 2.75) is 109 Å². The summed E-state index contributed by atoms with van der Waals surface area (Å²) in [6.07, 6.45) is 26.3. The van der Waals surface area contributed by atoms with Gasteiger partial charge in [-0.2, -0.15) is 0 Å². The monoisotopic (exact) mass is 763 g/mol. The summed E-state index contributed by atoms with van der Waals surface area (Å²) >= 11 is 0. The summed E-state index contributed by atoms with van der Waals surface area (Å²) in [4.78, 5) is 8.94. The largest absolute Gasteiger partial charge is 0.497 e. The van der Waals surface area contributed by atoms with Crippen molar-refractivity contribution in [3.05, 3.63) is 113 Å². The van der Waals surface area contributed by atoms with E-state index in [0.717, 1.165) is 99.0 Å². The van der Waals surface area contributed by atoms with E-state index in [4.69, 9.17) is 18.9 Å². The van der Waals surface area contributed by atoms with Crippen molar-refractivity contribution in [1.82, 2.24) is 20.1 Å². The zero-order valence-electron chi connectivity index (χ0n) is 35.0. The van der Waals surface area contributed by atoms with E-state index in [9.17, 15) is 0 Å². The van der Waals surface area contributed by atoms with Crippen molar-refractivity contribution in [2.75, 3.05) is 48.1 Å². The Kier molecular flexibility index (Phi) is 14.8. The molecule has 2 N–H and O–H groups in total.